The number of carbonyl (C=O) groups is 1. The van der Waals surface area contributed by atoms with Crippen LogP contribution in [0.15, 0.2) is 24.4 Å². The molecule has 0 aliphatic heterocycles. The number of halogens is 1. The average Bonchev–Trinajstić information content (AvgIpc) is 2.69. The Labute approximate surface area is 116 Å². The highest BCUT2D eigenvalue weighted by molar-refractivity contribution is 6.33. The van der Waals surface area contributed by atoms with Crippen LogP contribution in [0.1, 0.15) is 21.6 Å². The number of primary amides is 1. The van der Waals surface area contributed by atoms with E-state index in [0.29, 0.717) is 22.8 Å². The summed E-state index contributed by atoms with van der Waals surface area (Å²) in [5, 5.41) is 7.90. The fourth-order valence-corrected chi connectivity index (χ4v) is 1.91. The van der Waals surface area contributed by atoms with Crippen molar-refractivity contribution in [3.05, 3.63) is 46.2 Å². The predicted molar refractivity (Wildman–Crippen MR) is 75.2 cm³/mol. The lowest BCUT2D eigenvalue weighted by Gasteiger charge is -2.09. The van der Waals surface area contributed by atoms with E-state index in [2.05, 4.69) is 10.4 Å². The van der Waals surface area contributed by atoms with Gasteiger partial charge in [-0.2, -0.15) is 5.10 Å². The van der Waals surface area contributed by atoms with Gasteiger partial charge in [0.15, 0.2) is 0 Å². The molecule has 19 heavy (non-hydrogen) atoms. The van der Waals surface area contributed by atoms with Crippen LogP contribution in [0, 0.1) is 6.92 Å². The Balaban J connectivity index is 2.17. The van der Waals surface area contributed by atoms with Crippen molar-refractivity contribution in [3.8, 4) is 0 Å². The summed E-state index contributed by atoms with van der Waals surface area (Å²) < 4.78 is 1.80. The first-order chi connectivity index (χ1) is 8.99. The molecule has 0 atom stereocenters. The van der Waals surface area contributed by atoms with Crippen LogP contribution in [0.3, 0.4) is 0 Å². The maximum absolute atomic E-state index is 11.1. The van der Waals surface area contributed by atoms with Gasteiger partial charge in [0.25, 0.3) is 0 Å². The zero-order valence-electron chi connectivity index (χ0n) is 10.8. The molecule has 1 amide bonds. The summed E-state index contributed by atoms with van der Waals surface area (Å²) in [5.41, 5.74) is 8.50. The molecule has 0 saturated carbocycles. The Morgan fingerprint density at radius 1 is 1.53 bits per heavy atom. The number of nitrogens with two attached hydrogens (primary N) is 1. The second kappa shape index (κ2) is 5.32. The van der Waals surface area contributed by atoms with E-state index in [-0.39, 0.29) is 0 Å². The number of hydrogen-bond acceptors (Lipinski definition) is 3. The van der Waals surface area contributed by atoms with Crippen LogP contribution in [0.4, 0.5) is 5.69 Å². The summed E-state index contributed by atoms with van der Waals surface area (Å²) in [6.07, 6.45) is 1.80. The predicted octanol–water partition coefficient (Wildman–Crippen LogP) is 2.09. The summed E-state index contributed by atoms with van der Waals surface area (Å²) in [4.78, 5) is 11.1. The van der Waals surface area contributed by atoms with Crippen molar-refractivity contribution in [2.75, 3.05) is 5.32 Å². The molecule has 3 N–H and O–H groups in total. The molecule has 0 spiro atoms. The number of amides is 1. The number of hydrogen-bond donors (Lipinski definition) is 2. The quantitative estimate of drug-likeness (QED) is 0.899. The number of aromatic nitrogens is 2. The largest absolute Gasteiger partial charge is 0.380 e. The Kier molecular flexibility index (Phi) is 3.76. The third kappa shape index (κ3) is 2.88. The van der Waals surface area contributed by atoms with Crippen molar-refractivity contribution in [3.63, 3.8) is 0 Å². The van der Waals surface area contributed by atoms with Crippen LogP contribution in [-0.4, -0.2) is 15.7 Å². The molecule has 2 aromatic rings. The molecule has 1 aromatic heterocycles. The molecule has 0 saturated heterocycles. The van der Waals surface area contributed by atoms with Crippen LogP contribution in [0.5, 0.6) is 0 Å². The first-order valence-corrected chi connectivity index (χ1v) is 6.17. The van der Waals surface area contributed by atoms with Crippen molar-refractivity contribution in [2.45, 2.75) is 13.5 Å². The lowest BCUT2D eigenvalue weighted by molar-refractivity contribution is 0.100. The second-order valence-corrected chi connectivity index (χ2v) is 4.70. The SMILES string of the molecule is Cc1c(CNc2cc(C(N)=O)ccc2Cl)cnn1C. The molecule has 5 nitrogen and oxygen atoms in total. The number of nitrogens with zero attached hydrogens (tertiary/aromatic N) is 2. The van der Waals surface area contributed by atoms with Gasteiger partial charge in [-0.05, 0) is 25.1 Å². The van der Waals surface area contributed by atoms with Gasteiger partial charge in [0, 0.05) is 30.4 Å². The van der Waals surface area contributed by atoms with Crippen molar-refractivity contribution in [2.24, 2.45) is 12.8 Å². The highest BCUT2D eigenvalue weighted by Gasteiger charge is 2.07. The van der Waals surface area contributed by atoms with Gasteiger partial charge in [-0.15, -0.1) is 0 Å². The van der Waals surface area contributed by atoms with Gasteiger partial charge in [-0.1, -0.05) is 11.6 Å². The molecule has 0 unspecified atom stereocenters. The van der Waals surface area contributed by atoms with Gasteiger partial charge >= 0.3 is 0 Å². The molecule has 1 heterocycles. The van der Waals surface area contributed by atoms with E-state index in [9.17, 15) is 4.79 Å². The average molecular weight is 279 g/mol. The normalized spacial score (nSPS) is 10.5. The van der Waals surface area contributed by atoms with Crippen LogP contribution in [0.25, 0.3) is 0 Å². The van der Waals surface area contributed by atoms with Crippen molar-refractivity contribution >= 4 is 23.2 Å². The zero-order chi connectivity index (χ0) is 14.0. The maximum Gasteiger partial charge on any atom is 0.248 e. The lowest BCUT2D eigenvalue weighted by Crippen LogP contribution is -2.11. The Morgan fingerprint density at radius 3 is 2.84 bits per heavy atom. The van der Waals surface area contributed by atoms with Crippen LogP contribution < -0.4 is 11.1 Å². The van der Waals surface area contributed by atoms with Gasteiger partial charge < -0.3 is 11.1 Å². The molecule has 0 radical (unpaired) electrons. The van der Waals surface area contributed by atoms with E-state index in [0.717, 1.165) is 11.3 Å². The Hall–Kier alpha value is -2.01. The maximum atomic E-state index is 11.1. The minimum Gasteiger partial charge on any atom is -0.380 e. The topological polar surface area (TPSA) is 72.9 Å². The fraction of sp³-hybridized carbons (Fsp3) is 0.231. The van der Waals surface area contributed by atoms with E-state index in [4.69, 9.17) is 17.3 Å². The monoisotopic (exact) mass is 278 g/mol. The summed E-state index contributed by atoms with van der Waals surface area (Å²) in [6.45, 7) is 2.58. The van der Waals surface area contributed by atoms with Crippen LogP contribution in [-0.2, 0) is 13.6 Å². The van der Waals surface area contributed by atoms with Crippen molar-refractivity contribution in [1.29, 1.82) is 0 Å². The fourth-order valence-electron chi connectivity index (χ4n) is 1.72. The molecule has 100 valence electrons. The minimum atomic E-state index is -0.475. The van der Waals surface area contributed by atoms with Gasteiger partial charge in [-0.3, -0.25) is 9.48 Å². The van der Waals surface area contributed by atoms with Gasteiger partial charge in [0.2, 0.25) is 5.91 Å². The third-order valence-corrected chi connectivity index (χ3v) is 3.39. The molecular formula is C13H15ClN4O. The molecule has 2 rings (SSSR count). The minimum absolute atomic E-state index is 0.426. The van der Waals surface area contributed by atoms with Crippen LogP contribution >= 0.6 is 11.6 Å². The summed E-state index contributed by atoms with van der Waals surface area (Å²) in [7, 11) is 1.89. The van der Waals surface area contributed by atoms with Gasteiger partial charge in [-0.25, -0.2) is 0 Å². The van der Waals surface area contributed by atoms with Gasteiger partial charge in [0.1, 0.15) is 0 Å². The van der Waals surface area contributed by atoms with Gasteiger partial charge in [0.05, 0.1) is 16.9 Å². The number of nitrogens with one attached hydrogen (secondary N) is 1. The van der Waals surface area contributed by atoms with E-state index in [1.807, 2.05) is 14.0 Å². The van der Waals surface area contributed by atoms with Crippen molar-refractivity contribution < 1.29 is 4.79 Å². The molecule has 0 aliphatic rings. The number of benzene rings is 1. The molecular weight excluding hydrogens is 264 g/mol. The first-order valence-electron chi connectivity index (χ1n) is 5.79. The van der Waals surface area contributed by atoms with E-state index in [1.54, 1.807) is 29.1 Å². The van der Waals surface area contributed by atoms with Crippen molar-refractivity contribution in [1.82, 2.24) is 9.78 Å². The van der Waals surface area contributed by atoms with E-state index in [1.165, 1.54) is 0 Å². The highest BCUT2D eigenvalue weighted by atomic mass is 35.5. The standard InChI is InChI=1S/C13H15ClN4O/c1-8-10(7-17-18(8)2)6-16-12-5-9(13(15)19)3-4-11(12)14/h3-5,7,16H,6H2,1-2H3,(H2,15,19). The summed E-state index contributed by atoms with van der Waals surface area (Å²) in [6, 6.07) is 4.90. The second-order valence-electron chi connectivity index (χ2n) is 4.29. The smallest absolute Gasteiger partial charge is 0.248 e. The lowest BCUT2D eigenvalue weighted by atomic mass is 10.2. The number of rotatable bonds is 4. The molecule has 6 heteroatoms. The van der Waals surface area contributed by atoms with E-state index < -0.39 is 5.91 Å². The number of aryl methyl sites for hydroxylation is 1. The zero-order valence-corrected chi connectivity index (χ0v) is 11.5. The van der Waals surface area contributed by atoms with E-state index >= 15 is 0 Å². The Bertz CT molecular complexity index is 621. The Morgan fingerprint density at radius 2 is 2.26 bits per heavy atom. The molecule has 1 aromatic carbocycles. The molecule has 0 fully saturated rings. The third-order valence-electron chi connectivity index (χ3n) is 3.06. The number of anilines is 1. The van der Waals surface area contributed by atoms with Crippen LogP contribution in [0.2, 0.25) is 5.02 Å². The summed E-state index contributed by atoms with van der Waals surface area (Å²) >= 11 is 6.08. The first kappa shape index (κ1) is 13.4. The molecule has 0 bridgehead atoms. The summed E-state index contributed by atoms with van der Waals surface area (Å²) in [5.74, 6) is -0.475. The number of carbonyl (C=O) groups excluding carboxylic acids is 1. The molecule has 0 aliphatic carbocycles. The highest BCUT2D eigenvalue weighted by Crippen LogP contribution is 2.23.